The average Bonchev–Trinajstić information content (AvgIpc) is 2.10. The lowest BCUT2D eigenvalue weighted by atomic mass is 10.2. The van der Waals surface area contributed by atoms with Crippen LogP contribution in [0.1, 0.15) is 19.8 Å². The molecule has 0 spiro atoms. The number of nitrogens with two attached hydrogens (primary N) is 1. The first-order valence-corrected chi connectivity index (χ1v) is 5.71. The summed E-state index contributed by atoms with van der Waals surface area (Å²) in [4.78, 5) is 5.56. The highest BCUT2D eigenvalue weighted by molar-refractivity contribution is 7.80. The zero-order valence-electron chi connectivity index (χ0n) is 9.20. The number of rotatable bonds is 4. The van der Waals surface area contributed by atoms with Crippen LogP contribution in [0.15, 0.2) is 0 Å². The fraction of sp³-hybridized carbons (Fsp3) is 0.900. The standard InChI is InChI=1S/C10H21N3S/c1-9-8-13(7-6-12(9)2)5-3-4-10(11)14/h9H,3-8H2,1-2H3,(H2,11,14). The topological polar surface area (TPSA) is 32.5 Å². The molecule has 0 saturated carbocycles. The Labute approximate surface area is 92.2 Å². The fourth-order valence-corrected chi connectivity index (χ4v) is 1.95. The zero-order chi connectivity index (χ0) is 10.6. The molecular weight excluding hydrogens is 194 g/mol. The highest BCUT2D eigenvalue weighted by Crippen LogP contribution is 2.07. The molecule has 1 saturated heterocycles. The SMILES string of the molecule is CC1CN(CCCC(N)=S)CCN1C. The second-order valence-electron chi connectivity index (χ2n) is 4.20. The first kappa shape index (κ1) is 11.9. The molecule has 0 aliphatic carbocycles. The van der Waals surface area contributed by atoms with Crippen molar-refractivity contribution < 1.29 is 0 Å². The Hall–Kier alpha value is -0.190. The Kier molecular flexibility index (Phi) is 4.78. The molecule has 0 amide bonds. The quantitative estimate of drug-likeness (QED) is 0.699. The van der Waals surface area contributed by atoms with Crippen LogP contribution in [0.25, 0.3) is 0 Å². The molecule has 1 heterocycles. The Morgan fingerprint density at radius 1 is 1.50 bits per heavy atom. The molecule has 2 N–H and O–H groups in total. The Morgan fingerprint density at radius 3 is 2.79 bits per heavy atom. The van der Waals surface area contributed by atoms with Crippen LogP contribution in [-0.4, -0.2) is 54.1 Å². The van der Waals surface area contributed by atoms with Crippen LogP contribution in [0.2, 0.25) is 0 Å². The number of nitrogens with zero attached hydrogens (tertiary/aromatic N) is 2. The third-order valence-corrected chi connectivity index (χ3v) is 3.15. The van der Waals surface area contributed by atoms with Crippen molar-refractivity contribution in [3.63, 3.8) is 0 Å². The Balaban J connectivity index is 2.16. The molecule has 0 radical (unpaired) electrons. The molecule has 0 aromatic heterocycles. The van der Waals surface area contributed by atoms with Crippen LogP contribution >= 0.6 is 12.2 Å². The van der Waals surface area contributed by atoms with Gasteiger partial charge in [-0.15, -0.1) is 0 Å². The van der Waals surface area contributed by atoms with Gasteiger partial charge in [-0.2, -0.15) is 0 Å². The lowest BCUT2D eigenvalue weighted by molar-refractivity contribution is 0.105. The lowest BCUT2D eigenvalue weighted by Gasteiger charge is -2.37. The molecule has 82 valence electrons. The predicted octanol–water partition coefficient (Wildman–Crippen LogP) is 0.689. The van der Waals surface area contributed by atoms with Crippen molar-refractivity contribution in [2.45, 2.75) is 25.8 Å². The minimum Gasteiger partial charge on any atom is -0.393 e. The van der Waals surface area contributed by atoms with Crippen molar-refractivity contribution in [2.24, 2.45) is 5.73 Å². The van der Waals surface area contributed by atoms with E-state index in [1.165, 1.54) is 19.6 Å². The predicted molar refractivity (Wildman–Crippen MR) is 64.6 cm³/mol. The van der Waals surface area contributed by atoms with Gasteiger partial charge in [0.2, 0.25) is 0 Å². The van der Waals surface area contributed by atoms with Gasteiger partial charge in [0.1, 0.15) is 0 Å². The fourth-order valence-electron chi connectivity index (χ4n) is 1.80. The summed E-state index contributed by atoms with van der Waals surface area (Å²) in [5.41, 5.74) is 5.46. The van der Waals surface area contributed by atoms with Crippen LogP contribution in [0, 0.1) is 0 Å². The van der Waals surface area contributed by atoms with Crippen molar-refractivity contribution in [1.82, 2.24) is 9.80 Å². The van der Waals surface area contributed by atoms with Gasteiger partial charge in [-0.05, 0) is 33.4 Å². The van der Waals surface area contributed by atoms with E-state index in [2.05, 4.69) is 23.8 Å². The molecule has 14 heavy (non-hydrogen) atoms. The van der Waals surface area contributed by atoms with Gasteiger partial charge in [-0.3, -0.25) is 0 Å². The highest BCUT2D eigenvalue weighted by Gasteiger charge is 2.19. The van der Waals surface area contributed by atoms with E-state index in [0.29, 0.717) is 11.0 Å². The van der Waals surface area contributed by atoms with Gasteiger partial charge >= 0.3 is 0 Å². The second-order valence-corrected chi connectivity index (χ2v) is 4.72. The molecule has 1 fully saturated rings. The largest absolute Gasteiger partial charge is 0.393 e. The number of piperazine rings is 1. The maximum atomic E-state index is 5.46. The van der Waals surface area contributed by atoms with E-state index in [-0.39, 0.29) is 0 Å². The third kappa shape index (κ3) is 3.90. The van der Waals surface area contributed by atoms with E-state index in [4.69, 9.17) is 18.0 Å². The van der Waals surface area contributed by atoms with Crippen LogP contribution in [0.5, 0.6) is 0 Å². The van der Waals surface area contributed by atoms with Gasteiger partial charge in [0.25, 0.3) is 0 Å². The molecule has 1 aliphatic heterocycles. The molecule has 1 rings (SSSR count). The van der Waals surface area contributed by atoms with Gasteiger partial charge < -0.3 is 15.5 Å². The summed E-state index contributed by atoms with van der Waals surface area (Å²) in [5.74, 6) is 0. The normalized spacial score (nSPS) is 25.1. The van der Waals surface area contributed by atoms with E-state index in [1.54, 1.807) is 0 Å². The lowest BCUT2D eigenvalue weighted by Crippen LogP contribution is -2.50. The molecule has 0 bridgehead atoms. The first-order valence-electron chi connectivity index (χ1n) is 5.30. The van der Waals surface area contributed by atoms with Crippen LogP contribution in [-0.2, 0) is 0 Å². The van der Waals surface area contributed by atoms with E-state index in [1.807, 2.05) is 0 Å². The molecule has 0 aromatic rings. The highest BCUT2D eigenvalue weighted by atomic mass is 32.1. The molecule has 1 unspecified atom stereocenters. The molecule has 3 nitrogen and oxygen atoms in total. The van der Waals surface area contributed by atoms with Gasteiger partial charge in [0.15, 0.2) is 0 Å². The molecule has 4 heteroatoms. The summed E-state index contributed by atoms with van der Waals surface area (Å²) in [6.45, 7) is 6.94. The summed E-state index contributed by atoms with van der Waals surface area (Å²) < 4.78 is 0. The van der Waals surface area contributed by atoms with Crippen molar-refractivity contribution in [3.8, 4) is 0 Å². The van der Waals surface area contributed by atoms with Gasteiger partial charge in [-0.1, -0.05) is 12.2 Å². The van der Waals surface area contributed by atoms with Gasteiger partial charge in [0, 0.05) is 25.7 Å². The summed E-state index contributed by atoms with van der Waals surface area (Å²) >= 11 is 4.86. The summed E-state index contributed by atoms with van der Waals surface area (Å²) in [6.07, 6.45) is 1.99. The average molecular weight is 215 g/mol. The molecule has 0 aromatic carbocycles. The van der Waals surface area contributed by atoms with E-state index in [9.17, 15) is 0 Å². The van der Waals surface area contributed by atoms with Crippen molar-refractivity contribution in [3.05, 3.63) is 0 Å². The van der Waals surface area contributed by atoms with Crippen LogP contribution in [0.4, 0.5) is 0 Å². The second kappa shape index (κ2) is 5.63. The molecule has 1 aliphatic rings. The van der Waals surface area contributed by atoms with Crippen molar-refractivity contribution in [2.75, 3.05) is 33.2 Å². The summed E-state index contributed by atoms with van der Waals surface area (Å²) in [7, 11) is 2.19. The zero-order valence-corrected chi connectivity index (χ0v) is 10.0. The number of hydrogen-bond donors (Lipinski definition) is 1. The third-order valence-electron chi connectivity index (χ3n) is 2.94. The smallest absolute Gasteiger partial charge is 0.0727 e. The van der Waals surface area contributed by atoms with E-state index >= 15 is 0 Å². The maximum absolute atomic E-state index is 5.46. The van der Waals surface area contributed by atoms with E-state index < -0.39 is 0 Å². The van der Waals surface area contributed by atoms with Gasteiger partial charge in [-0.25, -0.2) is 0 Å². The number of likely N-dealkylation sites (N-methyl/N-ethyl adjacent to an activating group) is 1. The number of hydrogen-bond acceptors (Lipinski definition) is 3. The maximum Gasteiger partial charge on any atom is 0.0727 e. The van der Waals surface area contributed by atoms with Crippen LogP contribution < -0.4 is 5.73 Å². The Bertz CT molecular complexity index is 196. The van der Waals surface area contributed by atoms with Crippen molar-refractivity contribution >= 4 is 17.2 Å². The molecular formula is C10H21N3S. The summed E-state index contributed by atoms with van der Waals surface area (Å²) in [5, 5.41) is 0. The van der Waals surface area contributed by atoms with E-state index in [0.717, 1.165) is 19.4 Å². The van der Waals surface area contributed by atoms with Crippen LogP contribution in [0.3, 0.4) is 0 Å². The Morgan fingerprint density at radius 2 is 2.21 bits per heavy atom. The monoisotopic (exact) mass is 215 g/mol. The minimum absolute atomic E-state index is 0.646. The first-order chi connectivity index (χ1) is 6.59. The number of thiocarbonyl (C=S) groups is 1. The molecule has 1 atom stereocenters. The summed E-state index contributed by atoms with van der Waals surface area (Å²) in [6, 6.07) is 0.675. The minimum atomic E-state index is 0.646. The van der Waals surface area contributed by atoms with Gasteiger partial charge in [0.05, 0.1) is 4.99 Å². The van der Waals surface area contributed by atoms with Crippen molar-refractivity contribution in [1.29, 1.82) is 0 Å².